The third kappa shape index (κ3) is 3.21. The molecule has 0 aromatic rings. The van der Waals surface area contributed by atoms with E-state index in [1.807, 2.05) is 5.57 Å². The van der Waals surface area contributed by atoms with Crippen molar-refractivity contribution < 1.29 is 0 Å². The van der Waals surface area contributed by atoms with Crippen molar-refractivity contribution in [3.63, 3.8) is 0 Å². The van der Waals surface area contributed by atoms with Crippen LogP contribution in [0.2, 0.25) is 0 Å². The third-order valence-electron chi connectivity index (χ3n) is 11.5. The SMILES string of the molecule is CC(C)=CCCC1C(C)CCC2(C)C3=CCC4C(C)(C)CCCC4(C)C3CCC12C. The van der Waals surface area contributed by atoms with Gasteiger partial charge in [0, 0.05) is 0 Å². The van der Waals surface area contributed by atoms with Crippen molar-refractivity contribution in [2.45, 2.75) is 120 Å². The maximum atomic E-state index is 2.81. The molecule has 4 rings (SSSR count). The molecule has 0 amide bonds. The van der Waals surface area contributed by atoms with Gasteiger partial charge in [-0.05, 0) is 117 Å². The van der Waals surface area contributed by atoms with Crippen molar-refractivity contribution >= 4 is 0 Å². The first kappa shape index (κ1) is 22.7. The predicted molar refractivity (Wildman–Crippen MR) is 131 cm³/mol. The van der Waals surface area contributed by atoms with Gasteiger partial charge in [0.05, 0.1) is 0 Å². The van der Waals surface area contributed by atoms with Crippen LogP contribution in [-0.2, 0) is 0 Å². The Morgan fingerprint density at radius 1 is 1.00 bits per heavy atom. The van der Waals surface area contributed by atoms with Crippen molar-refractivity contribution in [2.24, 2.45) is 45.3 Å². The zero-order valence-corrected chi connectivity index (χ0v) is 21.5. The molecule has 3 saturated carbocycles. The van der Waals surface area contributed by atoms with E-state index in [-0.39, 0.29) is 0 Å². The van der Waals surface area contributed by atoms with Gasteiger partial charge in [-0.2, -0.15) is 0 Å². The van der Waals surface area contributed by atoms with Crippen LogP contribution in [0.4, 0.5) is 0 Å². The van der Waals surface area contributed by atoms with Gasteiger partial charge in [-0.25, -0.2) is 0 Å². The van der Waals surface area contributed by atoms with E-state index in [1.165, 1.54) is 69.8 Å². The molecule has 0 bridgehead atoms. The normalized spacial score (nSPS) is 47.4. The van der Waals surface area contributed by atoms with Crippen LogP contribution < -0.4 is 0 Å². The fourth-order valence-electron chi connectivity index (χ4n) is 9.58. The minimum atomic E-state index is 0.424. The minimum Gasteiger partial charge on any atom is -0.0859 e. The Hall–Kier alpha value is -0.520. The summed E-state index contributed by atoms with van der Waals surface area (Å²) in [6.45, 7) is 20.4. The van der Waals surface area contributed by atoms with Crippen LogP contribution in [0.1, 0.15) is 120 Å². The molecule has 0 heterocycles. The van der Waals surface area contributed by atoms with Crippen molar-refractivity contribution in [1.29, 1.82) is 0 Å². The first-order valence-electron chi connectivity index (χ1n) is 13.3. The Morgan fingerprint density at radius 3 is 2.43 bits per heavy atom. The summed E-state index contributed by atoms with van der Waals surface area (Å²) in [5.74, 6) is 3.49. The van der Waals surface area contributed by atoms with Gasteiger partial charge < -0.3 is 0 Å². The molecule has 170 valence electrons. The fourth-order valence-corrected chi connectivity index (χ4v) is 9.58. The lowest BCUT2D eigenvalue weighted by molar-refractivity contribution is -0.120. The number of hydrogen-bond acceptors (Lipinski definition) is 0. The molecular formula is C30H50. The van der Waals surface area contributed by atoms with Crippen molar-refractivity contribution in [2.75, 3.05) is 0 Å². The molecule has 0 N–H and O–H groups in total. The Morgan fingerprint density at radius 2 is 1.73 bits per heavy atom. The van der Waals surface area contributed by atoms with Gasteiger partial charge in [-0.15, -0.1) is 0 Å². The average molecular weight is 411 g/mol. The van der Waals surface area contributed by atoms with E-state index in [1.54, 1.807) is 0 Å². The van der Waals surface area contributed by atoms with E-state index < -0.39 is 0 Å². The maximum absolute atomic E-state index is 2.81. The zero-order valence-electron chi connectivity index (χ0n) is 21.5. The van der Waals surface area contributed by atoms with Gasteiger partial charge in [0.15, 0.2) is 0 Å². The number of fused-ring (bicyclic) bond motifs is 5. The summed E-state index contributed by atoms with van der Waals surface area (Å²) < 4.78 is 0. The summed E-state index contributed by atoms with van der Waals surface area (Å²) in [5, 5.41) is 0. The van der Waals surface area contributed by atoms with E-state index in [9.17, 15) is 0 Å². The smallest absolute Gasteiger partial charge is 0.00568 e. The van der Waals surface area contributed by atoms with Gasteiger partial charge in [0.1, 0.15) is 0 Å². The lowest BCUT2D eigenvalue weighted by atomic mass is 9.37. The summed E-state index contributed by atoms with van der Waals surface area (Å²) in [7, 11) is 0. The topological polar surface area (TPSA) is 0 Å². The highest BCUT2D eigenvalue weighted by Gasteiger charge is 2.63. The molecule has 0 saturated heterocycles. The molecule has 0 aromatic carbocycles. The largest absolute Gasteiger partial charge is 0.0859 e. The highest BCUT2D eigenvalue weighted by molar-refractivity contribution is 5.32. The Labute approximate surface area is 188 Å². The van der Waals surface area contributed by atoms with Crippen LogP contribution >= 0.6 is 0 Å². The Balaban J connectivity index is 1.69. The molecule has 0 aromatic heterocycles. The summed E-state index contributed by atoms with van der Waals surface area (Å²) in [6, 6.07) is 0. The molecule has 30 heavy (non-hydrogen) atoms. The molecule has 4 aliphatic rings. The van der Waals surface area contributed by atoms with Gasteiger partial charge in [-0.3, -0.25) is 0 Å². The van der Waals surface area contributed by atoms with E-state index in [0.29, 0.717) is 21.7 Å². The molecule has 3 fully saturated rings. The maximum Gasteiger partial charge on any atom is -0.00568 e. The zero-order chi connectivity index (χ0) is 21.9. The summed E-state index contributed by atoms with van der Waals surface area (Å²) in [4.78, 5) is 0. The molecule has 7 unspecified atom stereocenters. The van der Waals surface area contributed by atoms with Crippen molar-refractivity contribution in [3.05, 3.63) is 23.3 Å². The van der Waals surface area contributed by atoms with Crippen LogP contribution in [0.3, 0.4) is 0 Å². The quantitative estimate of drug-likeness (QED) is 0.406. The Kier molecular flexibility index (Phi) is 5.68. The Bertz CT molecular complexity index is 718. The molecule has 0 heteroatoms. The van der Waals surface area contributed by atoms with E-state index in [2.05, 4.69) is 67.5 Å². The molecule has 0 spiro atoms. The molecule has 7 atom stereocenters. The summed E-state index contributed by atoms with van der Waals surface area (Å²) in [6.07, 6.45) is 19.4. The van der Waals surface area contributed by atoms with Gasteiger partial charge >= 0.3 is 0 Å². The molecule has 0 aliphatic heterocycles. The number of hydrogen-bond donors (Lipinski definition) is 0. The average Bonchev–Trinajstić information content (AvgIpc) is 2.65. The molecule has 0 nitrogen and oxygen atoms in total. The first-order chi connectivity index (χ1) is 14.0. The van der Waals surface area contributed by atoms with E-state index in [0.717, 1.165) is 23.7 Å². The van der Waals surface area contributed by atoms with Crippen molar-refractivity contribution in [1.82, 2.24) is 0 Å². The highest BCUT2D eigenvalue weighted by Crippen LogP contribution is 2.72. The summed E-state index contributed by atoms with van der Waals surface area (Å²) >= 11 is 0. The highest BCUT2D eigenvalue weighted by atomic mass is 14.7. The molecule has 4 aliphatic carbocycles. The van der Waals surface area contributed by atoms with E-state index >= 15 is 0 Å². The predicted octanol–water partition coefficient (Wildman–Crippen LogP) is 9.36. The van der Waals surface area contributed by atoms with Crippen LogP contribution in [0.15, 0.2) is 23.3 Å². The van der Waals surface area contributed by atoms with Crippen LogP contribution in [0.5, 0.6) is 0 Å². The molecule has 0 radical (unpaired) electrons. The van der Waals surface area contributed by atoms with Gasteiger partial charge in [0.2, 0.25) is 0 Å². The van der Waals surface area contributed by atoms with Crippen LogP contribution in [-0.4, -0.2) is 0 Å². The van der Waals surface area contributed by atoms with Gasteiger partial charge in [-0.1, -0.05) is 71.3 Å². The second-order valence-corrected chi connectivity index (χ2v) is 13.6. The first-order valence-corrected chi connectivity index (χ1v) is 13.3. The number of allylic oxidation sites excluding steroid dienone is 4. The van der Waals surface area contributed by atoms with Crippen LogP contribution in [0, 0.1) is 45.3 Å². The second kappa shape index (κ2) is 7.52. The number of rotatable bonds is 3. The molecular weight excluding hydrogens is 360 g/mol. The lowest BCUT2D eigenvalue weighted by Gasteiger charge is -2.67. The standard InChI is InChI=1S/C30H50/c1-21(2)11-9-12-23-22(3)15-19-30(8)25-13-14-26-27(4,5)17-10-18-28(26,6)24(25)16-20-29(23,30)7/h11,13,22-24,26H,9-10,12,14-20H2,1-8H3. The minimum absolute atomic E-state index is 0.424. The lowest BCUT2D eigenvalue weighted by Crippen LogP contribution is -2.59. The monoisotopic (exact) mass is 410 g/mol. The van der Waals surface area contributed by atoms with Crippen molar-refractivity contribution in [3.8, 4) is 0 Å². The third-order valence-corrected chi connectivity index (χ3v) is 11.5. The second-order valence-electron chi connectivity index (χ2n) is 13.6. The van der Waals surface area contributed by atoms with E-state index in [4.69, 9.17) is 0 Å². The summed E-state index contributed by atoms with van der Waals surface area (Å²) in [5.41, 5.74) is 5.38. The fraction of sp³-hybridized carbons (Fsp3) is 0.867. The van der Waals surface area contributed by atoms with Gasteiger partial charge in [0.25, 0.3) is 0 Å². The van der Waals surface area contributed by atoms with Crippen LogP contribution in [0.25, 0.3) is 0 Å².